The third kappa shape index (κ3) is 4.73. The van der Waals surface area contributed by atoms with Crippen LogP contribution < -0.4 is 5.43 Å². The van der Waals surface area contributed by atoms with E-state index in [9.17, 15) is 14.0 Å². The number of hydrogen-bond acceptors (Lipinski definition) is 5. The van der Waals surface area contributed by atoms with Crippen LogP contribution in [-0.2, 0) is 4.74 Å². The summed E-state index contributed by atoms with van der Waals surface area (Å²) < 4.78 is 21.0. The van der Waals surface area contributed by atoms with Crippen molar-refractivity contribution in [1.82, 2.24) is 9.99 Å². The number of nitriles is 1. The Bertz CT molecular complexity index is 1240. The number of aromatic nitrogens is 1. The molecule has 1 N–H and O–H groups in total. The Morgan fingerprint density at radius 2 is 1.91 bits per heavy atom. The van der Waals surface area contributed by atoms with Crippen molar-refractivity contribution < 1.29 is 18.7 Å². The molecule has 0 atom stereocenters. The second kappa shape index (κ2) is 9.71. The van der Waals surface area contributed by atoms with Gasteiger partial charge in [-0.2, -0.15) is 10.4 Å². The molecule has 0 unspecified atom stereocenters. The summed E-state index contributed by atoms with van der Waals surface area (Å²) in [6.07, 6.45) is 1.48. The number of nitrogens with zero attached hydrogens (tertiary/aromatic N) is 3. The minimum atomic E-state index is -0.791. The van der Waals surface area contributed by atoms with Crippen molar-refractivity contribution in [2.45, 2.75) is 20.8 Å². The minimum absolute atomic E-state index is 0.130. The van der Waals surface area contributed by atoms with Crippen LogP contribution in [0.1, 0.15) is 50.2 Å². The van der Waals surface area contributed by atoms with E-state index in [1.54, 1.807) is 19.1 Å². The molecule has 1 aromatic heterocycles. The van der Waals surface area contributed by atoms with Crippen LogP contribution in [0.15, 0.2) is 53.6 Å². The zero-order valence-corrected chi connectivity index (χ0v) is 17.8. The maximum absolute atomic E-state index is 14.0. The van der Waals surface area contributed by atoms with E-state index in [0.29, 0.717) is 12.2 Å². The fourth-order valence-electron chi connectivity index (χ4n) is 3.27. The number of hydrogen-bond donors (Lipinski definition) is 1. The highest BCUT2D eigenvalue weighted by atomic mass is 19.1. The highest BCUT2D eigenvalue weighted by Crippen LogP contribution is 2.20. The average molecular weight is 432 g/mol. The molecule has 0 bridgehead atoms. The molecule has 0 spiro atoms. The topological polar surface area (TPSA) is 96.5 Å². The van der Waals surface area contributed by atoms with Gasteiger partial charge in [0.2, 0.25) is 0 Å². The Kier molecular flexibility index (Phi) is 6.80. The van der Waals surface area contributed by atoms with Gasteiger partial charge in [-0.25, -0.2) is 14.6 Å². The van der Waals surface area contributed by atoms with E-state index in [1.165, 1.54) is 18.3 Å². The van der Waals surface area contributed by atoms with Crippen LogP contribution in [0.25, 0.3) is 5.69 Å². The molecule has 8 heteroatoms. The molecule has 1 heterocycles. The first-order chi connectivity index (χ1) is 15.3. The number of esters is 1. The van der Waals surface area contributed by atoms with E-state index in [-0.39, 0.29) is 17.1 Å². The van der Waals surface area contributed by atoms with E-state index < -0.39 is 11.7 Å². The highest BCUT2D eigenvalue weighted by molar-refractivity contribution is 5.95. The van der Waals surface area contributed by atoms with Gasteiger partial charge in [0.1, 0.15) is 5.82 Å². The second-order valence-corrected chi connectivity index (χ2v) is 6.93. The Morgan fingerprint density at radius 1 is 1.19 bits per heavy atom. The van der Waals surface area contributed by atoms with Gasteiger partial charge in [-0.3, -0.25) is 4.79 Å². The van der Waals surface area contributed by atoms with Gasteiger partial charge in [0.15, 0.2) is 0 Å². The zero-order valence-electron chi connectivity index (χ0n) is 17.8. The number of hydrazone groups is 1. The molecule has 3 aromatic rings. The molecular weight excluding hydrogens is 411 g/mol. The fourth-order valence-corrected chi connectivity index (χ4v) is 3.27. The Morgan fingerprint density at radius 3 is 2.53 bits per heavy atom. The summed E-state index contributed by atoms with van der Waals surface area (Å²) >= 11 is 0. The Labute approximate surface area is 184 Å². The number of nitrogens with one attached hydrogen (secondary N) is 1. The quantitative estimate of drug-likeness (QED) is 0.361. The molecule has 0 fully saturated rings. The lowest BCUT2D eigenvalue weighted by Gasteiger charge is -2.10. The summed E-state index contributed by atoms with van der Waals surface area (Å²) in [6, 6.07) is 14.4. The zero-order chi connectivity index (χ0) is 23.3. The van der Waals surface area contributed by atoms with E-state index in [0.717, 1.165) is 28.7 Å². The first-order valence-electron chi connectivity index (χ1n) is 9.85. The molecule has 0 aliphatic heterocycles. The van der Waals surface area contributed by atoms with Gasteiger partial charge in [-0.1, -0.05) is 0 Å². The minimum Gasteiger partial charge on any atom is -0.462 e. The molecule has 3 rings (SSSR count). The van der Waals surface area contributed by atoms with Crippen LogP contribution in [-0.4, -0.2) is 29.3 Å². The lowest BCUT2D eigenvalue weighted by Crippen LogP contribution is -2.19. The summed E-state index contributed by atoms with van der Waals surface area (Å²) in [5.74, 6) is -1.88. The molecule has 2 aromatic carbocycles. The predicted molar refractivity (Wildman–Crippen MR) is 117 cm³/mol. The molecular formula is C24H21FN4O3. The molecule has 1 amide bonds. The summed E-state index contributed by atoms with van der Waals surface area (Å²) in [4.78, 5) is 24.0. The maximum atomic E-state index is 14.0. The molecule has 162 valence electrons. The van der Waals surface area contributed by atoms with Crippen molar-refractivity contribution in [3.8, 4) is 11.8 Å². The van der Waals surface area contributed by atoms with E-state index >= 15 is 0 Å². The van der Waals surface area contributed by atoms with Crippen LogP contribution in [0, 0.1) is 31.0 Å². The Hall–Kier alpha value is -4.25. The number of halogens is 1. The van der Waals surface area contributed by atoms with Gasteiger partial charge >= 0.3 is 5.97 Å². The number of carbonyl (C=O) groups excluding carboxylic acids is 2. The highest BCUT2D eigenvalue weighted by Gasteiger charge is 2.13. The Balaban J connectivity index is 1.76. The average Bonchev–Trinajstić information content (AvgIpc) is 3.06. The summed E-state index contributed by atoms with van der Waals surface area (Å²) in [6.45, 7) is 5.89. The molecule has 0 aliphatic carbocycles. The number of amides is 1. The number of benzene rings is 2. The first-order valence-corrected chi connectivity index (χ1v) is 9.85. The van der Waals surface area contributed by atoms with E-state index in [2.05, 4.69) is 10.5 Å². The first kappa shape index (κ1) is 22.4. The van der Waals surface area contributed by atoms with Crippen molar-refractivity contribution in [3.63, 3.8) is 0 Å². The van der Waals surface area contributed by atoms with Crippen molar-refractivity contribution in [1.29, 1.82) is 5.26 Å². The van der Waals surface area contributed by atoms with Crippen LogP contribution in [0.3, 0.4) is 0 Å². The fraction of sp³-hybridized carbons (Fsp3) is 0.167. The largest absolute Gasteiger partial charge is 0.462 e. The molecule has 0 saturated carbocycles. The van der Waals surface area contributed by atoms with Gasteiger partial charge in [-0.05, 0) is 69.3 Å². The van der Waals surface area contributed by atoms with Gasteiger partial charge < -0.3 is 9.30 Å². The van der Waals surface area contributed by atoms with Crippen molar-refractivity contribution >= 4 is 18.1 Å². The molecule has 0 radical (unpaired) electrons. The molecule has 7 nitrogen and oxygen atoms in total. The van der Waals surface area contributed by atoms with Crippen molar-refractivity contribution in [2.75, 3.05) is 6.61 Å². The second-order valence-electron chi connectivity index (χ2n) is 6.93. The monoisotopic (exact) mass is 432 g/mol. The maximum Gasteiger partial charge on any atom is 0.338 e. The van der Waals surface area contributed by atoms with Gasteiger partial charge in [0.25, 0.3) is 5.91 Å². The predicted octanol–water partition coefficient (Wildman–Crippen LogP) is 4.05. The number of aryl methyl sites for hydroxylation is 1. The normalized spacial score (nSPS) is 10.7. The smallest absolute Gasteiger partial charge is 0.338 e. The van der Waals surface area contributed by atoms with Crippen LogP contribution in [0.2, 0.25) is 0 Å². The molecule has 0 saturated heterocycles. The van der Waals surface area contributed by atoms with E-state index in [1.807, 2.05) is 42.7 Å². The summed E-state index contributed by atoms with van der Waals surface area (Å²) in [7, 11) is 0. The number of carbonyl (C=O) groups is 2. The number of rotatable bonds is 6. The van der Waals surface area contributed by atoms with Crippen LogP contribution in [0.5, 0.6) is 0 Å². The SMILES string of the molecule is CCOC(=O)c1ccc(-n2c(C)cc(/C=N/NC(=O)c3ccc(C#N)cc3F)c2C)cc1. The molecule has 0 aliphatic rings. The van der Waals surface area contributed by atoms with Gasteiger partial charge in [-0.15, -0.1) is 0 Å². The third-order valence-electron chi connectivity index (χ3n) is 4.82. The number of ether oxygens (including phenoxy) is 1. The van der Waals surface area contributed by atoms with Gasteiger partial charge in [0.05, 0.1) is 35.6 Å². The van der Waals surface area contributed by atoms with Crippen LogP contribution >= 0.6 is 0 Å². The lowest BCUT2D eigenvalue weighted by atomic mass is 10.1. The van der Waals surface area contributed by atoms with Gasteiger partial charge in [0, 0.05) is 22.6 Å². The van der Waals surface area contributed by atoms with E-state index in [4.69, 9.17) is 10.00 Å². The summed E-state index contributed by atoms with van der Waals surface area (Å²) in [5, 5.41) is 12.7. The summed E-state index contributed by atoms with van der Waals surface area (Å²) in [5.41, 5.74) is 6.12. The van der Waals surface area contributed by atoms with Crippen LogP contribution in [0.4, 0.5) is 4.39 Å². The van der Waals surface area contributed by atoms with Crippen molar-refractivity contribution in [3.05, 3.63) is 88.0 Å². The standard InChI is InChI=1S/C24H21FN4O3/c1-4-32-24(31)18-6-8-20(9-7-18)29-15(2)11-19(16(29)3)14-27-28-23(30)21-10-5-17(13-26)12-22(21)25/h5-12,14H,4H2,1-3H3,(H,28,30)/b27-14+. The third-order valence-corrected chi connectivity index (χ3v) is 4.82. The molecule has 32 heavy (non-hydrogen) atoms. The lowest BCUT2D eigenvalue weighted by molar-refractivity contribution is 0.0526. The van der Waals surface area contributed by atoms with Crippen molar-refractivity contribution in [2.24, 2.45) is 5.10 Å².